The van der Waals surface area contributed by atoms with Gasteiger partial charge >= 0.3 is 0 Å². The van der Waals surface area contributed by atoms with Crippen LogP contribution in [0.3, 0.4) is 0 Å². The highest BCUT2D eigenvalue weighted by Gasteiger charge is 2.29. The second kappa shape index (κ2) is 5.09. The molecule has 0 atom stereocenters. The van der Waals surface area contributed by atoms with Crippen LogP contribution in [0.25, 0.3) is 0 Å². The van der Waals surface area contributed by atoms with Crippen LogP contribution in [0.4, 0.5) is 5.69 Å². The lowest BCUT2D eigenvalue weighted by Gasteiger charge is -2.34. The molecule has 0 bridgehead atoms. The van der Waals surface area contributed by atoms with E-state index < -0.39 is 0 Å². The lowest BCUT2D eigenvalue weighted by Crippen LogP contribution is -2.28. The van der Waals surface area contributed by atoms with Crippen molar-refractivity contribution in [3.8, 4) is 11.5 Å². The predicted octanol–water partition coefficient (Wildman–Crippen LogP) is 3.58. The maximum absolute atomic E-state index is 5.70. The van der Waals surface area contributed by atoms with E-state index in [1.165, 1.54) is 11.3 Å². The number of ether oxygens (including phenoxy) is 2. The summed E-state index contributed by atoms with van der Waals surface area (Å²) in [5.41, 5.74) is 2.69. The summed E-state index contributed by atoms with van der Waals surface area (Å²) in [4.78, 5) is 0. The fraction of sp³-hybridized carbons (Fsp3) is 0.600. The van der Waals surface area contributed by atoms with Crippen molar-refractivity contribution in [3.63, 3.8) is 0 Å². The number of fused-ring (bicyclic) bond motifs is 1. The molecule has 0 fully saturated rings. The van der Waals surface area contributed by atoms with Gasteiger partial charge in [0.15, 0.2) is 11.5 Å². The van der Waals surface area contributed by atoms with E-state index in [0.717, 1.165) is 24.5 Å². The minimum absolute atomic E-state index is 0.192. The molecule has 0 saturated carbocycles. The van der Waals surface area contributed by atoms with Gasteiger partial charge in [0.05, 0.1) is 13.2 Å². The van der Waals surface area contributed by atoms with Crippen molar-refractivity contribution < 1.29 is 9.47 Å². The maximum atomic E-state index is 5.70. The molecule has 3 heteroatoms. The lowest BCUT2D eigenvalue weighted by molar-refractivity contribution is 0.286. The molecule has 0 unspecified atom stereocenters. The number of rotatable bonds is 4. The van der Waals surface area contributed by atoms with Gasteiger partial charge in [-0.2, -0.15) is 0 Å². The molecule has 1 aromatic rings. The molecular weight excluding hydrogens is 226 g/mol. The Hall–Kier alpha value is -1.38. The average molecular weight is 249 g/mol. The molecule has 18 heavy (non-hydrogen) atoms. The molecule has 0 spiro atoms. The number of benzene rings is 1. The van der Waals surface area contributed by atoms with Crippen LogP contribution in [0.2, 0.25) is 0 Å². The van der Waals surface area contributed by atoms with Gasteiger partial charge in [0.2, 0.25) is 0 Å². The van der Waals surface area contributed by atoms with Crippen molar-refractivity contribution in [2.24, 2.45) is 0 Å². The number of nitrogens with one attached hydrogen (secondary N) is 1. The van der Waals surface area contributed by atoms with Crippen molar-refractivity contribution in [1.29, 1.82) is 0 Å². The third kappa shape index (κ3) is 2.40. The molecule has 100 valence electrons. The molecule has 1 aliphatic rings. The topological polar surface area (TPSA) is 30.5 Å². The molecule has 1 aromatic carbocycles. The van der Waals surface area contributed by atoms with E-state index in [0.29, 0.717) is 13.2 Å². The second-order valence-corrected chi connectivity index (χ2v) is 5.27. The van der Waals surface area contributed by atoms with Crippen LogP contribution in [0.15, 0.2) is 12.1 Å². The van der Waals surface area contributed by atoms with Gasteiger partial charge in [-0.3, -0.25) is 0 Å². The minimum Gasteiger partial charge on any atom is -0.490 e. The Morgan fingerprint density at radius 3 is 2.33 bits per heavy atom. The zero-order valence-electron chi connectivity index (χ0n) is 11.8. The summed E-state index contributed by atoms with van der Waals surface area (Å²) in [6, 6.07) is 4.21. The van der Waals surface area contributed by atoms with Gasteiger partial charge in [-0.25, -0.2) is 0 Å². The van der Waals surface area contributed by atoms with Crippen LogP contribution in [-0.2, 0) is 5.41 Å². The molecule has 3 nitrogen and oxygen atoms in total. The van der Waals surface area contributed by atoms with Crippen molar-refractivity contribution in [3.05, 3.63) is 17.7 Å². The van der Waals surface area contributed by atoms with Crippen molar-refractivity contribution in [1.82, 2.24) is 0 Å². The molecule has 2 rings (SSSR count). The predicted molar refractivity (Wildman–Crippen MR) is 74.9 cm³/mol. The van der Waals surface area contributed by atoms with Gasteiger partial charge in [-0.1, -0.05) is 13.8 Å². The average Bonchev–Trinajstić information content (AvgIpc) is 2.31. The molecule has 1 aliphatic heterocycles. The number of hydrogen-bond acceptors (Lipinski definition) is 3. The zero-order chi connectivity index (χ0) is 13.2. The van der Waals surface area contributed by atoms with E-state index >= 15 is 0 Å². The minimum atomic E-state index is 0.192. The summed E-state index contributed by atoms with van der Waals surface area (Å²) in [6.45, 7) is 10.9. The van der Waals surface area contributed by atoms with E-state index in [1.807, 2.05) is 13.8 Å². The number of hydrogen-bond donors (Lipinski definition) is 1. The molecule has 1 heterocycles. The smallest absolute Gasteiger partial charge is 0.163 e. The maximum Gasteiger partial charge on any atom is 0.163 e. The molecule has 0 aliphatic carbocycles. The zero-order valence-corrected chi connectivity index (χ0v) is 11.8. The second-order valence-electron chi connectivity index (χ2n) is 5.27. The summed E-state index contributed by atoms with van der Waals surface area (Å²) >= 11 is 0. The summed E-state index contributed by atoms with van der Waals surface area (Å²) in [5.74, 6) is 1.69. The lowest BCUT2D eigenvalue weighted by atomic mass is 9.78. The fourth-order valence-electron chi connectivity index (χ4n) is 2.45. The van der Waals surface area contributed by atoms with Crippen LogP contribution in [0.5, 0.6) is 11.5 Å². The highest BCUT2D eigenvalue weighted by molar-refractivity contribution is 5.64. The first-order valence-corrected chi connectivity index (χ1v) is 6.76. The molecule has 0 radical (unpaired) electrons. The number of anilines is 1. The van der Waals surface area contributed by atoms with Crippen LogP contribution in [-0.4, -0.2) is 19.8 Å². The van der Waals surface area contributed by atoms with E-state index in [-0.39, 0.29) is 5.41 Å². The summed E-state index contributed by atoms with van der Waals surface area (Å²) < 4.78 is 11.4. The normalized spacial score (nSPS) is 16.7. The third-order valence-corrected chi connectivity index (χ3v) is 3.48. The quantitative estimate of drug-likeness (QED) is 0.884. The van der Waals surface area contributed by atoms with Crippen LogP contribution < -0.4 is 14.8 Å². The Bertz CT molecular complexity index is 427. The van der Waals surface area contributed by atoms with E-state index in [2.05, 4.69) is 31.3 Å². The summed E-state index contributed by atoms with van der Waals surface area (Å²) in [7, 11) is 0. The molecule has 0 saturated heterocycles. The first-order valence-electron chi connectivity index (χ1n) is 6.76. The van der Waals surface area contributed by atoms with Gasteiger partial charge in [0.25, 0.3) is 0 Å². The molecule has 0 aromatic heterocycles. The van der Waals surface area contributed by atoms with Gasteiger partial charge < -0.3 is 14.8 Å². The SMILES string of the molecule is CCOc1cc2c(cc1OCC)C(C)(C)CCN2. The Morgan fingerprint density at radius 1 is 1.11 bits per heavy atom. The van der Waals surface area contributed by atoms with E-state index in [1.54, 1.807) is 0 Å². The first kappa shape index (κ1) is 13.1. The van der Waals surface area contributed by atoms with Gasteiger partial charge in [-0.05, 0) is 37.3 Å². The van der Waals surface area contributed by atoms with Crippen LogP contribution in [0, 0.1) is 0 Å². The molecule has 1 N–H and O–H groups in total. The largest absolute Gasteiger partial charge is 0.490 e. The van der Waals surface area contributed by atoms with E-state index in [4.69, 9.17) is 9.47 Å². The summed E-state index contributed by atoms with van der Waals surface area (Å²) in [6.07, 6.45) is 1.14. The Labute approximate surface area is 109 Å². The van der Waals surface area contributed by atoms with Gasteiger partial charge in [-0.15, -0.1) is 0 Å². The monoisotopic (exact) mass is 249 g/mol. The van der Waals surface area contributed by atoms with Crippen molar-refractivity contribution in [2.75, 3.05) is 25.1 Å². The van der Waals surface area contributed by atoms with Gasteiger partial charge in [0.1, 0.15) is 0 Å². The van der Waals surface area contributed by atoms with Crippen LogP contribution in [0.1, 0.15) is 39.7 Å². The Morgan fingerprint density at radius 2 is 1.72 bits per heavy atom. The van der Waals surface area contributed by atoms with E-state index in [9.17, 15) is 0 Å². The standard InChI is InChI=1S/C15H23NO2/c1-5-17-13-9-11-12(10-14(13)18-6-2)16-8-7-15(11,3)4/h9-10,16H,5-8H2,1-4H3. The first-order chi connectivity index (χ1) is 8.58. The highest BCUT2D eigenvalue weighted by atomic mass is 16.5. The van der Waals surface area contributed by atoms with Crippen molar-refractivity contribution >= 4 is 5.69 Å². The Kier molecular flexibility index (Phi) is 3.69. The molecule has 0 amide bonds. The highest BCUT2D eigenvalue weighted by Crippen LogP contribution is 2.42. The third-order valence-electron chi connectivity index (χ3n) is 3.48. The fourth-order valence-corrected chi connectivity index (χ4v) is 2.45. The van der Waals surface area contributed by atoms with Crippen LogP contribution >= 0.6 is 0 Å². The summed E-state index contributed by atoms with van der Waals surface area (Å²) in [5, 5.41) is 3.45. The van der Waals surface area contributed by atoms with Crippen molar-refractivity contribution in [2.45, 2.75) is 39.5 Å². The Balaban J connectivity index is 2.46. The van der Waals surface area contributed by atoms with Gasteiger partial charge in [0, 0.05) is 18.3 Å². The molecular formula is C15H23NO2.